The molecule has 2 fully saturated rings. The Morgan fingerprint density at radius 2 is 2.19 bits per heavy atom. The van der Waals surface area contributed by atoms with Crippen molar-refractivity contribution in [3.8, 4) is 0 Å². The molecule has 2 saturated heterocycles. The molecule has 0 amide bonds. The van der Waals surface area contributed by atoms with Gasteiger partial charge in [0.05, 0.1) is 0 Å². The molecule has 86 valence electrons. The van der Waals surface area contributed by atoms with Crippen LogP contribution in [0.2, 0.25) is 0 Å². The molecule has 1 aromatic heterocycles. The van der Waals surface area contributed by atoms with Gasteiger partial charge >= 0.3 is 0 Å². The van der Waals surface area contributed by atoms with E-state index in [9.17, 15) is 0 Å². The Labute approximate surface area is 96.9 Å². The Bertz CT molecular complexity index is 338. The summed E-state index contributed by atoms with van der Waals surface area (Å²) in [4.78, 5) is 6.72. The molecule has 1 aromatic rings. The Kier molecular flexibility index (Phi) is 2.89. The van der Waals surface area contributed by atoms with Crippen LogP contribution in [0.5, 0.6) is 0 Å². The van der Waals surface area contributed by atoms with Crippen LogP contribution in [0.1, 0.15) is 18.4 Å². The summed E-state index contributed by atoms with van der Waals surface area (Å²) < 4.78 is 0. The van der Waals surface area contributed by atoms with E-state index in [0.717, 1.165) is 18.5 Å². The highest BCUT2D eigenvalue weighted by Crippen LogP contribution is 2.27. The lowest BCUT2D eigenvalue weighted by molar-refractivity contribution is 0.117. The number of piperidine rings is 1. The van der Waals surface area contributed by atoms with Crippen molar-refractivity contribution in [2.24, 2.45) is 5.92 Å². The second-order valence-corrected chi connectivity index (χ2v) is 4.95. The van der Waals surface area contributed by atoms with Crippen LogP contribution < -0.4 is 5.32 Å². The monoisotopic (exact) mass is 217 g/mol. The normalized spacial score (nSPS) is 30.2. The number of pyridine rings is 1. The Morgan fingerprint density at radius 3 is 3.06 bits per heavy atom. The lowest BCUT2D eigenvalue weighted by Crippen LogP contribution is -2.44. The molecule has 0 radical (unpaired) electrons. The third-order valence-electron chi connectivity index (χ3n) is 3.93. The van der Waals surface area contributed by atoms with Gasteiger partial charge in [0.1, 0.15) is 0 Å². The number of likely N-dealkylation sites (tertiary alicyclic amines) is 1. The molecule has 0 saturated carbocycles. The minimum atomic E-state index is 0.766. The SMILES string of the molecule is c1cc(CN2CCCC3CNCC32)ccn1. The van der Waals surface area contributed by atoms with Crippen molar-refractivity contribution in [2.75, 3.05) is 19.6 Å². The van der Waals surface area contributed by atoms with Crippen LogP contribution in [0, 0.1) is 5.92 Å². The fraction of sp³-hybridized carbons (Fsp3) is 0.615. The quantitative estimate of drug-likeness (QED) is 0.808. The topological polar surface area (TPSA) is 28.2 Å². The smallest absolute Gasteiger partial charge is 0.0271 e. The van der Waals surface area contributed by atoms with Crippen LogP contribution in [-0.4, -0.2) is 35.6 Å². The molecule has 2 atom stereocenters. The Balaban J connectivity index is 1.70. The standard InChI is InChI=1S/C13H19N3/c1-2-12-8-15-9-13(12)16(7-1)10-11-3-5-14-6-4-11/h3-6,12-13,15H,1-2,7-10H2. The van der Waals surface area contributed by atoms with Crippen molar-refractivity contribution in [2.45, 2.75) is 25.4 Å². The first-order chi connectivity index (χ1) is 7.93. The summed E-state index contributed by atoms with van der Waals surface area (Å²) in [5.41, 5.74) is 1.39. The van der Waals surface area contributed by atoms with E-state index >= 15 is 0 Å². The van der Waals surface area contributed by atoms with Crippen LogP contribution in [0.25, 0.3) is 0 Å². The summed E-state index contributed by atoms with van der Waals surface area (Å²) >= 11 is 0. The molecule has 3 rings (SSSR count). The van der Waals surface area contributed by atoms with Crippen LogP contribution in [0.15, 0.2) is 24.5 Å². The van der Waals surface area contributed by atoms with Gasteiger partial charge in [0, 0.05) is 31.5 Å². The molecule has 2 aliphatic rings. The molecule has 3 heteroatoms. The largest absolute Gasteiger partial charge is 0.315 e. The van der Waals surface area contributed by atoms with Gasteiger partial charge in [-0.1, -0.05) is 0 Å². The molecule has 2 unspecified atom stereocenters. The van der Waals surface area contributed by atoms with Gasteiger partial charge in [0.25, 0.3) is 0 Å². The maximum atomic E-state index is 4.07. The average molecular weight is 217 g/mol. The van der Waals surface area contributed by atoms with E-state index in [2.05, 4.69) is 27.3 Å². The van der Waals surface area contributed by atoms with Crippen molar-refractivity contribution >= 4 is 0 Å². The summed E-state index contributed by atoms with van der Waals surface area (Å²) in [6, 6.07) is 5.03. The zero-order chi connectivity index (χ0) is 10.8. The van der Waals surface area contributed by atoms with E-state index < -0.39 is 0 Å². The summed E-state index contributed by atoms with van der Waals surface area (Å²) in [5, 5.41) is 3.53. The van der Waals surface area contributed by atoms with Gasteiger partial charge in [-0.05, 0) is 49.5 Å². The predicted molar refractivity (Wildman–Crippen MR) is 64.0 cm³/mol. The first-order valence-corrected chi connectivity index (χ1v) is 6.27. The molecule has 3 heterocycles. The Hall–Kier alpha value is -0.930. The van der Waals surface area contributed by atoms with Crippen molar-refractivity contribution in [3.05, 3.63) is 30.1 Å². The number of hydrogen-bond acceptors (Lipinski definition) is 3. The number of nitrogens with zero attached hydrogens (tertiary/aromatic N) is 2. The van der Waals surface area contributed by atoms with Gasteiger partial charge in [-0.3, -0.25) is 9.88 Å². The summed E-state index contributed by atoms with van der Waals surface area (Å²) in [5.74, 6) is 0.885. The van der Waals surface area contributed by atoms with Gasteiger partial charge in [-0.25, -0.2) is 0 Å². The maximum Gasteiger partial charge on any atom is 0.0271 e. The fourth-order valence-electron chi connectivity index (χ4n) is 3.08. The predicted octanol–water partition coefficient (Wildman–Crippen LogP) is 1.27. The number of rotatable bonds is 2. The minimum absolute atomic E-state index is 0.766. The number of hydrogen-bond donors (Lipinski definition) is 1. The van der Waals surface area contributed by atoms with Crippen LogP contribution in [0.3, 0.4) is 0 Å². The summed E-state index contributed by atoms with van der Waals surface area (Å²) in [6.07, 6.45) is 6.55. The second kappa shape index (κ2) is 4.52. The van der Waals surface area contributed by atoms with Crippen molar-refractivity contribution in [3.63, 3.8) is 0 Å². The summed E-state index contributed by atoms with van der Waals surface area (Å²) in [6.45, 7) is 4.74. The van der Waals surface area contributed by atoms with E-state index in [0.29, 0.717) is 0 Å². The molecule has 0 aromatic carbocycles. The lowest BCUT2D eigenvalue weighted by Gasteiger charge is -2.37. The van der Waals surface area contributed by atoms with E-state index in [1.54, 1.807) is 0 Å². The molecule has 1 N–H and O–H groups in total. The maximum absolute atomic E-state index is 4.07. The fourth-order valence-corrected chi connectivity index (χ4v) is 3.08. The second-order valence-electron chi connectivity index (χ2n) is 4.95. The van der Waals surface area contributed by atoms with Crippen LogP contribution in [0.4, 0.5) is 0 Å². The van der Waals surface area contributed by atoms with Crippen LogP contribution in [-0.2, 0) is 6.54 Å². The first-order valence-electron chi connectivity index (χ1n) is 6.27. The first kappa shape index (κ1) is 10.2. The van der Waals surface area contributed by atoms with Gasteiger partial charge in [0.15, 0.2) is 0 Å². The van der Waals surface area contributed by atoms with Gasteiger partial charge < -0.3 is 5.32 Å². The average Bonchev–Trinajstić information content (AvgIpc) is 2.80. The molecular weight excluding hydrogens is 198 g/mol. The third kappa shape index (κ3) is 1.97. The highest BCUT2D eigenvalue weighted by Gasteiger charge is 2.34. The number of fused-ring (bicyclic) bond motifs is 1. The molecule has 16 heavy (non-hydrogen) atoms. The molecule has 0 bridgehead atoms. The molecular formula is C13H19N3. The molecule has 3 nitrogen and oxygen atoms in total. The third-order valence-corrected chi connectivity index (χ3v) is 3.93. The van der Waals surface area contributed by atoms with Crippen LogP contribution >= 0.6 is 0 Å². The van der Waals surface area contributed by atoms with E-state index in [1.165, 1.54) is 38.0 Å². The number of aromatic nitrogens is 1. The Morgan fingerprint density at radius 1 is 1.31 bits per heavy atom. The van der Waals surface area contributed by atoms with Crippen molar-refractivity contribution in [1.29, 1.82) is 0 Å². The molecule has 0 aliphatic carbocycles. The van der Waals surface area contributed by atoms with Gasteiger partial charge in [-0.15, -0.1) is 0 Å². The highest BCUT2D eigenvalue weighted by molar-refractivity contribution is 5.10. The van der Waals surface area contributed by atoms with E-state index in [1.807, 2.05) is 12.4 Å². The number of nitrogens with one attached hydrogen (secondary N) is 1. The van der Waals surface area contributed by atoms with Crippen molar-refractivity contribution in [1.82, 2.24) is 15.2 Å². The van der Waals surface area contributed by atoms with Gasteiger partial charge in [-0.2, -0.15) is 0 Å². The zero-order valence-electron chi connectivity index (χ0n) is 9.60. The summed E-state index contributed by atoms with van der Waals surface area (Å²) in [7, 11) is 0. The van der Waals surface area contributed by atoms with Gasteiger partial charge in [0.2, 0.25) is 0 Å². The van der Waals surface area contributed by atoms with E-state index in [4.69, 9.17) is 0 Å². The lowest BCUT2D eigenvalue weighted by atomic mass is 9.92. The minimum Gasteiger partial charge on any atom is -0.315 e. The molecule has 2 aliphatic heterocycles. The van der Waals surface area contributed by atoms with Crippen molar-refractivity contribution < 1.29 is 0 Å². The zero-order valence-corrected chi connectivity index (χ0v) is 9.60. The molecule has 0 spiro atoms. The van der Waals surface area contributed by atoms with E-state index in [-0.39, 0.29) is 0 Å². The highest BCUT2D eigenvalue weighted by atomic mass is 15.2.